The minimum absolute atomic E-state index is 0.0399. The van der Waals surface area contributed by atoms with Crippen LogP contribution in [0.5, 0.6) is 0 Å². The largest absolute Gasteiger partial charge is 0.451 e. The van der Waals surface area contributed by atoms with Gasteiger partial charge in [-0.05, 0) is 24.6 Å². The number of aromatic nitrogens is 2. The summed E-state index contributed by atoms with van der Waals surface area (Å²) in [5.41, 5.74) is 8.19. The number of aryl methyl sites for hydroxylation is 1. The van der Waals surface area contributed by atoms with Gasteiger partial charge >= 0.3 is 6.18 Å². The molecule has 0 amide bonds. The summed E-state index contributed by atoms with van der Waals surface area (Å²) in [5.74, 6) is -1.32. The minimum atomic E-state index is -4.68. The average Bonchev–Trinajstić information content (AvgIpc) is 2.56. The Bertz CT molecular complexity index is 893. The van der Waals surface area contributed by atoms with Crippen LogP contribution in [0.25, 0.3) is 11.3 Å². The third-order valence-corrected chi connectivity index (χ3v) is 3.53. The molecule has 25 heavy (non-hydrogen) atoms. The fourth-order valence-electron chi connectivity index (χ4n) is 2.37. The molecule has 0 saturated heterocycles. The quantitative estimate of drug-likeness (QED) is 0.716. The van der Waals surface area contributed by atoms with Gasteiger partial charge in [-0.3, -0.25) is 0 Å². The highest BCUT2D eigenvalue weighted by Crippen LogP contribution is 2.35. The summed E-state index contributed by atoms with van der Waals surface area (Å²) in [5, 5.41) is 2.86. The number of hydrogen-bond acceptors (Lipinski definition) is 4. The van der Waals surface area contributed by atoms with Crippen molar-refractivity contribution in [1.82, 2.24) is 9.97 Å². The molecule has 0 aliphatic rings. The van der Waals surface area contributed by atoms with Gasteiger partial charge in [0.1, 0.15) is 5.69 Å². The maximum Gasteiger partial charge on any atom is 0.451 e. The van der Waals surface area contributed by atoms with Crippen LogP contribution in [0.4, 0.5) is 30.4 Å². The van der Waals surface area contributed by atoms with Crippen LogP contribution >= 0.6 is 0 Å². The van der Waals surface area contributed by atoms with Gasteiger partial charge in [-0.1, -0.05) is 42.5 Å². The van der Waals surface area contributed by atoms with Gasteiger partial charge < -0.3 is 11.1 Å². The van der Waals surface area contributed by atoms with E-state index in [2.05, 4.69) is 15.3 Å². The monoisotopic (exact) mass is 344 g/mol. The molecule has 0 atom stereocenters. The number of nitrogen functional groups attached to an aromatic ring is 1. The first-order valence-corrected chi connectivity index (χ1v) is 7.48. The van der Waals surface area contributed by atoms with Crippen LogP contribution in [0.2, 0.25) is 0 Å². The number of hydrogen-bond donors (Lipinski definition) is 2. The Morgan fingerprint density at radius 1 is 0.960 bits per heavy atom. The van der Waals surface area contributed by atoms with Crippen molar-refractivity contribution in [2.45, 2.75) is 13.1 Å². The molecule has 3 rings (SSSR count). The number of halogens is 3. The zero-order valence-electron chi connectivity index (χ0n) is 13.3. The molecule has 0 fully saturated rings. The summed E-state index contributed by atoms with van der Waals surface area (Å²) in [4.78, 5) is 7.21. The Balaban J connectivity index is 2.14. The van der Waals surface area contributed by atoms with Crippen molar-refractivity contribution in [3.8, 4) is 11.3 Å². The highest BCUT2D eigenvalue weighted by atomic mass is 19.4. The number of nitrogens with zero attached hydrogens (tertiary/aromatic N) is 2. The molecule has 0 bridgehead atoms. The number of rotatable bonds is 3. The van der Waals surface area contributed by atoms with E-state index in [1.54, 1.807) is 48.5 Å². The summed E-state index contributed by atoms with van der Waals surface area (Å²) in [7, 11) is 0. The Morgan fingerprint density at radius 3 is 2.32 bits per heavy atom. The lowest BCUT2D eigenvalue weighted by molar-refractivity contribution is -0.144. The van der Waals surface area contributed by atoms with Gasteiger partial charge in [0.25, 0.3) is 0 Å². The van der Waals surface area contributed by atoms with Crippen LogP contribution in [0.15, 0.2) is 54.6 Å². The van der Waals surface area contributed by atoms with Crippen LogP contribution in [-0.4, -0.2) is 9.97 Å². The van der Waals surface area contributed by atoms with E-state index in [1.165, 1.54) is 0 Å². The highest BCUT2D eigenvalue weighted by Gasteiger charge is 2.36. The third-order valence-electron chi connectivity index (χ3n) is 3.53. The van der Waals surface area contributed by atoms with E-state index < -0.39 is 12.0 Å². The first-order chi connectivity index (χ1) is 11.8. The SMILES string of the molecule is Cc1cccc(Nc2nc(C(F)(F)F)nc(-c3ccccc3)c2N)c1. The van der Waals surface area contributed by atoms with Crippen LogP contribution in [-0.2, 0) is 6.18 Å². The molecule has 0 spiro atoms. The highest BCUT2D eigenvalue weighted by molar-refractivity contribution is 5.82. The minimum Gasteiger partial charge on any atom is -0.394 e. The fourth-order valence-corrected chi connectivity index (χ4v) is 2.37. The predicted octanol–water partition coefficient (Wildman–Crippen LogP) is 4.80. The number of benzene rings is 2. The molecule has 3 aromatic rings. The van der Waals surface area contributed by atoms with E-state index in [9.17, 15) is 13.2 Å². The lowest BCUT2D eigenvalue weighted by Crippen LogP contribution is -2.15. The molecule has 4 nitrogen and oxygen atoms in total. The van der Waals surface area contributed by atoms with Crippen molar-refractivity contribution in [3.05, 3.63) is 66.0 Å². The zero-order valence-corrected chi connectivity index (χ0v) is 13.3. The van der Waals surface area contributed by atoms with Crippen molar-refractivity contribution in [1.29, 1.82) is 0 Å². The average molecular weight is 344 g/mol. The lowest BCUT2D eigenvalue weighted by atomic mass is 10.1. The molecule has 2 aromatic carbocycles. The van der Waals surface area contributed by atoms with Crippen molar-refractivity contribution >= 4 is 17.2 Å². The van der Waals surface area contributed by atoms with Crippen LogP contribution in [0.3, 0.4) is 0 Å². The normalized spacial score (nSPS) is 11.4. The van der Waals surface area contributed by atoms with Gasteiger partial charge in [-0.15, -0.1) is 0 Å². The Hall–Kier alpha value is -3.09. The zero-order chi connectivity index (χ0) is 18.0. The lowest BCUT2D eigenvalue weighted by Gasteiger charge is -2.15. The molecule has 3 N–H and O–H groups in total. The summed E-state index contributed by atoms with van der Waals surface area (Å²) in [6.07, 6.45) is -4.68. The molecule has 0 radical (unpaired) electrons. The molecule has 1 heterocycles. The van der Waals surface area contributed by atoms with Gasteiger partial charge in [-0.2, -0.15) is 13.2 Å². The molecule has 0 aliphatic heterocycles. The molecule has 128 valence electrons. The first kappa shape index (κ1) is 16.8. The third kappa shape index (κ3) is 3.71. The van der Waals surface area contributed by atoms with Gasteiger partial charge in [0.2, 0.25) is 5.82 Å². The molecular weight excluding hydrogens is 329 g/mol. The van der Waals surface area contributed by atoms with E-state index in [1.807, 2.05) is 13.0 Å². The summed E-state index contributed by atoms with van der Waals surface area (Å²) in [6, 6.07) is 15.7. The second-order valence-electron chi connectivity index (χ2n) is 5.52. The first-order valence-electron chi connectivity index (χ1n) is 7.48. The van der Waals surface area contributed by atoms with Gasteiger partial charge in [-0.25, -0.2) is 9.97 Å². The standard InChI is InChI=1S/C18H15F3N4/c1-11-6-5-9-13(10-11)23-16-14(22)15(12-7-3-2-4-8-12)24-17(25-16)18(19,20)21/h2-10H,22H2,1H3,(H,23,24,25). The van der Waals surface area contributed by atoms with Crippen LogP contribution in [0.1, 0.15) is 11.4 Å². The van der Waals surface area contributed by atoms with E-state index in [0.29, 0.717) is 11.3 Å². The number of anilines is 3. The van der Waals surface area contributed by atoms with E-state index in [-0.39, 0.29) is 17.2 Å². The summed E-state index contributed by atoms with van der Waals surface area (Å²) < 4.78 is 39.6. The van der Waals surface area contributed by atoms with E-state index in [0.717, 1.165) is 5.56 Å². The molecular formula is C18H15F3N4. The molecule has 7 heteroatoms. The second kappa shape index (κ2) is 6.43. The van der Waals surface area contributed by atoms with E-state index in [4.69, 9.17) is 5.73 Å². The maximum atomic E-state index is 13.2. The number of nitrogens with two attached hydrogens (primary N) is 1. The van der Waals surface area contributed by atoms with Gasteiger partial charge in [0.05, 0.1) is 5.69 Å². The van der Waals surface area contributed by atoms with Crippen molar-refractivity contribution < 1.29 is 13.2 Å². The summed E-state index contributed by atoms with van der Waals surface area (Å²) >= 11 is 0. The molecule has 0 unspecified atom stereocenters. The van der Waals surface area contributed by atoms with Gasteiger partial charge in [0, 0.05) is 11.3 Å². The summed E-state index contributed by atoms with van der Waals surface area (Å²) in [6.45, 7) is 1.88. The molecule has 1 aromatic heterocycles. The van der Waals surface area contributed by atoms with Crippen molar-refractivity contribution in [2.24, 2.45) is 0 Å². The maximum absolute atomic E-state index is 13.2. The van der Waals surface area contributed by atoms with Gasteiger partial charge in [0.15, 0.2) is 5.82 Å². The van der Waals surface area contributed by atoms with Crippen molar-refractivity contribution in [3.63, 3.8) is 0 Å². The fraction of sp³-hybridized carbons (Fsp3) is 0.111. The number of alkyl halides is 3. The smallest absolute Gasteiger partial charge is 0.394 e. The topological polar surface area (TPSA) is 63.8 Å². The molecule has 0 aliphatic carbocycles. The Morgan fingerprint density at radius 2 is 1.68 bits per heavy atom. The van der Waals surface area contributed by atoms with Crippen LogP contribution < -0.4 is 11.1 Å². The molecule has 0 saturated carbocycles. The van der Waals surface area contributed by atoms with Crippen LogP contribution in [0, 0.1) is 6.92 Å². The second-order valence-corrected chi connectivity index (χ2v) is 5.52. The Labute approximate surface area is 142 Å². The van der Waals surface area contributed by atoms with E-state index >= 15 is 0 Å². The predicted molar refractivity (Wildman–Crippen MR) is 91.3 cm³/mol. The number of nitrogens with one attached hydrogen (secondary N) is 1. The van der Waals surface area contributed by atoms with Crippen molar-refractivity contribution in [2.75, 3.05) is 11.1 Å². The Kier molecular flexibility index (Phi) is 4.31.